The molecule has 0 heteroatoms. The minimum Gasteiger partial charge on any atom is -0.0622 e. The predicted octanol–water partition coefficient (Wildman–Crippen LogP) is 11.3. The monoisotopic (exact) mass is 517 g/mol. The van der Waals surface area contributed by atoms with Gasteiger partial charge in [-0.05, 0) is 82.5 Å². The minimum absolute atomic E-state index is 0.0191. The van der Waals surface area contributed by atoms with E-state index in [0.717, 1.165) is 10.8 Å². The third kappa shape index (κ3) is 3.54. The number of hydrogen-bond acceptors (Lipinski definition) is 0. The van der Waals surface area contributed by atoms with Crippen LogP contribution in [0.4, 0.5) is 0 Å². The first-order valence-corrected chi connectivity index (χ1v) is 13.0. The molecule has 8 aromatic rings. The van der Waals surface area contributed by atoms with Crippen molar-refractivity contribution in [3.8, 4) is 33.4 Å². The molecule has 0 heterocycles. The molecule has 40 heavy (non-hydrogen) atoms. The van der Waals surface area contributed by atoms with E-state index in [0.29, 0.717) is 38.2 Å². The molecule has 0 N–H and O–H groups in total. The fourth-order valence-electron chi connectivity index (χ4n) is 5.73. The maximum Gasteiger partial charge on any atom is 0.0629 e. The van der Waals surface area contributed by atoms with Gasteiger partial charge in [-0.15, -0.1) is 0 Å². The van der Waals surface area contributed by atoms with Gasteiger partial charge in [-0.3, -0.25) is 0 Å². The SMILES string of the molecule is [2H]c1c([2H])c([2H])c(-c2c3ccccc3c(-c3c([2H])c([2H])c([2H])c4c(-c5ccc6ccccc6c5)c([2H])c([2H])c([2H])c34)c3ccccc23)c([2H])c1[2H]. The van der Waals surface area contributed by atoms with Crippen molar-refractivity contribution >= 4 is 43.1 Å². The molecule has 0 aromatic heterocycles. The second kappa shape index (κ2) is 9.22. The normalized spacial score (nSPS) is 15.3. The summed E-state index contributed by atoms with van der Waals surface area (Å²) in [6.07, 6.45) is 0. The van der Waals surface area contributed by atoms with Crippen LogP contribution in [0.2, 0.25) is 0 Å². The summed E-state index contributed by atoms with van der Waals surface area (Å²) in [6.45, 7) is 0. The molecule has 0 saturated heterocycles. The highest BCUT2D eigenvalue weighted by atomic mass is 14.2. The lowest BCUT2D eigenvalue weighted by Crippen LogP contribution is -1.92. The summed E-state index contributed by atoms with van der Waals surface area (Å²) in [7, 11) is 0. The van der Waals surface area contributed by atoms with Crippen LogP contribution < -0.4 is 0 Å². The lowest BCUT2D eigenvalue weighted by atomic mass is 9.84. The Hall–Kier alpha value is -5.20. The number of benzene rings is 8. The van der Waals surface area contributed by atoms with Crippen molar-refractivity contribution in [3.63, 3.8) is 0 Å². The largest absolute Gasteiger partial charge is 0.0629 e. The Morgan fingerprint density at radius 1 is 0.350 bits per heavy atom. The van der Waals surface area contributed by atoms with Crippen molar-refractivity contribution in [2.24, 2.45) is 0 Å². The van der Waals surface area contributed by atoms with Crippen LogP contribution in [0.15, 0.2) is 157 Å². The molecule has 0 saturated carbocycles. The maximum absolute atomic E-state index is 9.35. The van der Waals surface area contributed by atoms with Gasteiger partial charge in [-0.25, -0.2) is 0 Å². The molecule has 0 aliphatic rings. The molecule has 0 aliphatic carbocycles. The minimum atomic E-state index is -0.507. The van der Waals surface area contributed by atoms with Crippen molar-refractivity contribution in [2.45, 2.75) is 0 Å². The van der Waals surface area contributed by atoms with Gasteiger partial charge in [0.15, 0.2) is 0 Å². The Balaban J connectivity index is 1.60. The van der Waals surface area contributed by atoms with Gasteiger partial charge in [-0.1, -0.05) is 151 Å². The van der Waals surface area contributed by atoms with E-state index in [1.165, 1.54) is 0 Å². The van der Waals surface area contributed by atoms with E-state index in [2.05, 4.69) is 0 Å². The fraction of sp³-hybridized carbons (Fsp3) is 0. The quantitative estimate of drug-likeness (QED) is 0.204. The van der Waals surface area contributed by atoms with Crippen molar-refractivity contribution in [3.05, 3.63) is 157 Å². The maximum atomic E-state index is 9.35. The molecule has 8 aromatic carbocycles. The van der Waals surface area contributed by atoms with Gasteiger partial charge in [-0.2, -0.15) is 0 Å². The Morgan fingerprint density at radius 3 is 1.57 bits per heavy atom. The van der Waals surface area contributed by atoms with Crippen LogP contribution in [-0.4, -0.2) is 0 Å². The second-order valence-corrected chi connectivity index (χ2v) is 9.65. The molecular formula is C40H26. The molecule has 0 bridgehead atoms. The van der Waals surface area contributed by atoms with E-state index >= 15 is 0 Å². The summed E-state index contributed by atoms with van der Waals surface area (Å²) in [6, 6.07) is 23.2. The van der Waals surface area contributed by atoms with Gasteiger partial charge in [0.1, 0.15) is 0 Å². The number of hydrogen-bond donors (Lipinski definition) is 0. The molecule has 0 radical (unpaired) electrons. The lowest BCUT2D eigenvalue weighted by Gasteiger charge is -2.19. The van der Waals surface area contributed by atoms with Crippen molar-refractivity contribution in [1.82, 2.24) is 0 Å². The third-order valence-electron chi connectivity index (χ3n) is 7.47. The highest BCUT2D eigenvalue weighted by Gasteiger charge is 2.18. The molecule has 0 aliphatic heterocycles. The Labute approximate surface area is 249 Å². The van der Waals surface area contributed by atoms with Gasteiger partial charge in [0, 0.05) is 0 Å². The van der Waals surface area contributed by atoms with Gasteiger partial charge >= 0.3 is 0 Å². The van der Waals surface area contributed by atoms with Crippen LogP contribution in [0.25, 0.3) is 76.5 Å². The Kier molecular flexibility index (Phi) is 3.29. The van der Waals surface area contributed by atoms with Crippen LogP contribution >= 0.6 is 0 Å². The van der Waals surface area contributed by atoms with Crippen LogP contribution in [0.3, 0.4) is 0 Å². The third-order valence-corrected chi connectivity index (χ3v) is 7.47. The van der Waals surface area contributed by atoms with Crippen LogP contribution in [0.1, 0.15) is 15.1 Å². The fourth-order valence-corrected chi connectivity index (χ4v) is 5.73. The molecule has 0 unspecified atom stereocenters. The number of fused-ring (bicyclic) bond motifs is 4. The summed E-state index contributed by atoms with van der Waals surface area (Å²) in [4.78, 5) is 0. The molecular weight excluding hydrogens is 480 g/mol. The van der Waals surface area contributed by atoms with Crippen molar-refractivity contribution in [1.29, 1.82) is 0 Å². The summed E-state index contributed by atoms with van der Waals surface area (Å²) < 4.78 is 97.5. The predicted molar refractivity (Wildman–Crippen MR) is 173 cm³/mol. The summed E-state index contributed by atoms with van der Waals surface area (Å²) in [5, 5.41) is 4.13. The van der Waals surface area contributed by atoms with E-state index in [-0.39, 0.29) is 69.8 Å². The van der Waals surface area contributed by atoms with E-state index in [1.54, 1.807) is 54.6 Å². The van der Waals surface area contributed by atoms with Gasteiger partial charge in [0.05, 0.1) is 15.1 Å². The zero-order valence-electron chi connectivity index (χ0n) is 32.2. The van der Waals surface area contributed by atoms with E-state index in [9.17, 15) is 2.74 Å². The molecule has 8 rings (SSSR count). The average molecular weight is 518 g/mol. The van der Waals surface area contributed by atoms with Gasteiger partial charge in [0.25, 0.3) is 0 Å². The highest BCUT2D eigenvalue weighted by molar-refractivity contribution is 6.24. The van der Waals surface area contributed by atoms with E-state index < -0.39 is 24.2 Å². The first-order chi connectivity index (χ1) is 24.4. The van der Waals surface area contributed by atoms with E-state index in [4.69, 9.17) is 12.3 Å². The van der Waals surface area contributed by atoms with Crippen LogP contribution in [0.5, 0.6) is 0 Å². The zero-order valence-corrected chi connectivity index (χ0v) is 21.2. The zero-order chi connectivity index (χ0) is 36.0. The summed E-state index contributed by atoms with van der Waals surface area (Å²) >= 11 is 0. The van der Waals surface area contributed by atoms with Crippen molar-refractivity contribution < 1.29 is 15.1 Å². The summed E-state index contributed by atoms with van der Waals surface area (Å²) in [5.74, 6) is 0. The first kappa shape index (κ1) is 14.3. The average Bonchev–Trinajstić information content (AvgIpc) is 3.15. The standard InChI is InChI=1S/C40H26/c1-2-13-28(14-3-1)39-35-16-6-8-18-37(35)40(38-19-9-7-17-36(38)39)34-23-11-21-32-31(20-10-22-33(32)34)30-25-24-27-12-4-5-15-29(27)26-30/h1-26H/i1D,2D,3D,10D,11D,13D,14D,20D,21D,22D,23D. The summed E-state index contributed by atoms with van der Waals surface area (Å²) in [5.41, 5.74) is 1.77. The topological polar surface area (TPSA) is 0 Å². The Morgan fingerprint density at radius 2 is 0.900 bits per heavy atom. The molecule has 0 nitrogen and oxygen atoms in total. The highest BCUT2D eigenvalue weighted by Crippen LogP contribution is 2.46. The molecule has 0 spiro atoms. The van der Waals surface area contributed by atoms with E-state index in [1.807, 2.05) is 36.4 Å². The van der Waals surface area contributed by atoms with Gasteiger partial charge in [0.2, 0.25) is 0 Å². The number of rotatable bonds is 3. The Bertz CT molecular complexity index is 2740. The molecule has 0 fully saturated rings. The van der Waals surface area contributed by atoms with Crippen molar-refractivity contribution in [2.75, 3.05) is 0 Å². The molecule has 0 atom stereocenters. The first-order valence-electron chi connectivity index (χ1n) is 18.5. The van der Waals surface area contributed by atoms with Crippen LogP contribution in [0, 0.1) is 0 Å². The van der Waals surface area contributed by atoms with Crippen LogP contribution in [-0.2, 0) is 0 Å². The smallest absolute Gasteiger partial charge is 0.0622 e. The second-order valence-electron chi connectivity index (χ2n) is 9.65. The molecule has 0 amide bonds. The van der Waals surface area contributed by atoms with Gasteiger partial charge < -0.3 is 0 Å². The lowest BCUT2D eigenvalue weighted by molar-refractivity contribution is 1.65. The molecule has 186 valence electrons.